The van der Waals surface area contributed by atoms with Crippen LogP contribution in [0.3, 0.4) is 0 Å². The second kappa shape index (κ2) is 7.97. The van der Waals surface area contributed by atoms with Gasteiger partial charge in [0.05, 0.1) is 11.1 Å². The number of nitrogens with one attached hydrogen (secondary N) is 1. The van der Waals surface area contributed by atoms with Crippen molar-refractivity contribution in [2.45, 2.75) is 13.0 Å². The number of hydrogen-bond donors (Lipinski definition) is 1. The van der Waals surface area contributed by atoms with E-state index < -0.39 is 0 Å². The molecule has 0 saturated carbocycles. The Bertz CT molecular complexity index is 784. The fraction of sp³-hybridized carbons (Fsp3) is 0.278. The van der Waals surface area contributed by atoms with Gasteiger partial charge in [0.2, 0.25) is 0 Å². The number of carbonyl (C=O) groups excluding carboxylic acids is 1. The lowest BCUT2D eigenvalue weighted by Crippen LogP contribution is -2.31. The summed E-state index contributed by atoms with van der Waals surface area (Å²) in [6.07, 6.45) is 0. The van der Waals surface area contributed by atoms with Crippen LogP contribution in [0.4, 0.5) is 0 Å². The van der Waals surface area contributed by atoms with E-state index in [1.165, 1.54) is 0 Å². The van der Waals surface area contributed by atoms with Crippen molar-refractivity contribution in [3.05, 3.63) is 51.5 Å². The monoisotopic (exact) mass is 425 g/mol. The Kier molecular flexibility index (Phi) is 5.71. The summed E-state index contributed by atoms with van der Waals surface area (Å²) in [5.74, 6) is 1.65. The Morgan fingerprint density at radius 3 is 2.76 bits per heavy atom. The van der Waals surface area contributed by atoms with Crippen molar-refractivity contribution in [1.29, 1.82) is 0 Å². The molecule has 0 bridgehead atoms. The van der Waals surface area contributed by atoms with Gasteiger partial charge in [-0.05, 0) is 42.8 Å². The van der Waals surface area contributed by atoms with Crippen molar-refractivity contribution in [2.75, 3.05) is 19.8 Å². The molecule has 1 amide bonds. The molecule has 5 nitrogen and oxygen atoms in total. The molecule has 25 heavy (non-hydrogen) atoms. The maximum Gasteiger partial charge on any atom is 0.258 e. The van der Waals surface area contributed by atoms with Gasteiger partial charge in [-0.3, -0.25) is 4.79 Å². The molecular formula is C18H17BrClNO4. The van der Waals surface area contributed by atoms with Gasteiger partial charge in [-0.2, -0.15) is 0 Å². The van der Waals surface area contributed by atoms with Gasteiger partial charge >= 0.3 is 0 Å². The molecule has 1 aliphatic heterocycles. The first kappa shape index (κ1) is 17.9. The lowest BCUT2D eigenvalue weighted by Gasteiger charge is -2.21. The average Bonchev–Trinajstić information content (AvgIpc) is 2.60. The van der Waals surface area contributed by atoms with Gasteiger partial charge < -0.3 is 19.5 Å². The third-order valence-electron chi connectivity index (χ3n) is 3.70. The van der Waals surface area contributed by atoms with Crippen molar-refractivity contribution in [3.63, 3.8) is 0 Å². The molecular weight excluding hydrogens is 410 g/mol. The summed E-state index contributed by atoms with van der Waals surface area (Å²) >= 11 is 9.39. The van der Waals surface area contributed by atoms with Crippen LogP contribution in [0.2, 0.25) is 5.02 Å². The Hall–Kier alpha value is -1.92. The molecule has 0 spiro atoms. The summed E-state index contributed by atoms with van der Waals surface area (Å²) in [6, 6.07) is 10.7. The first-order chi connectivity index (χ1) is 12.0. The topological polar surface area (TPSA) is 56.8 Å². The standard InChI is InChI=1S/C18H17BrClNO4/c1-11(12-2-4-16-17(8-12)24-7-6-23-16)21-18(22)10-25-15-5-3-13(19)9-14(15)20/h2-5,8-9,11H,6-7,10H2,1H3,(H,21,22). The zero-order valence-electron chi connectivity index (χ0n) is 13.6. The minimum Gasteiger partial charge on any atom is -0.486 e. The van der Waals surface area contributed by atoms with Gasteiger partial charge in [0.25, 0.3) is 5.91 Å². The average molecular weight is 427 g/mol. The highest BCUT2D eigenvalue weighted by Crippen LogP contribution is 2.32. The number of rotatable bonds is 5. The Morgan fingerprint density at radius 2 is 2.00 bits per heavy atom. The van der Waals surface area contributed by atoms with E-state index in [0.717, 1.165) is 15.8 Å². The first-order valence-electron chi connectivity index (χ1n) is 7.79. The van der Waals surface area contributed by atoms with Gasteiger partial charge in [0.1, 0.15) is 19.0 Å². The number of benzene rings is 2. The minimum atomic E-state index is -0.235. The van der Waals surface area contributed by atoms with Crippen LogP contribution >= 0.6 is 27.5 Å². The quantitative estimate of drug-likeness (QED) is 0.781. The van der Waals surface area contributed by atoms with E-state index in [9.17, 15) is 4.79 Å². The van der Waals surface area contributed by atoms with Gasteiger partial charge in [0, 0.05) is 4.47 Å². The van der Waals surface area contributed by atoms with Crippen LogP contribution in [-0.2, 0) is 4.79 Å². The summed E-state index contributed by atoms with van der Waals surface area (Å²) in [6.45, 7) is 2.86. The molecule has 3 rings (SSSR count). The van der Waals surface area contributed by atoms with Crippen molar-refractivity contribution in [3.8, 4) is 17.2 Å². The highest BCUT2D eigenvalue weighted by Gasteiger charge is 2.16. The molecule has 2 aromatic carbocycles. The molecule has 0 fully saturated rings. The molecule has 0 aliphatic carbocycles. The smallest absolute Gasteiger partial charge is 0.258 e. The van der Waals surface area contributed by atoms with E-state index in [1.54, 1.807) is 18.2 Å². The Morgan fingerprint density at radius 1 is 1.24 bits per heavy atom. The maximum atomic E-state index is 12.1. The number of halogens is 2. The Labute approximate surface area is 159 Å². The molecule has 7 heteroatoms. The highest BCUT2D eigenvalue weighted by molar-refractivity contribution is 9.10. The summed E-state index contributed by atoms with van der Waals surface area (Å²) in [4.78, 5) is 12.1. The predicted octanol–water partition coefficient (Wildman–Crippen LogP) is 4.13. The largest absolute Gasteiger partial charge is 0.486 e. The second-order valence-corrected chi connectivity index (χ2v) is 6.88. The number of fused-ring (bicyclic) bond motifs is 1. The van der Waals surface area contributed by atoms with Crippen molar-refractivity contribution in [1.82, 2.24) is 5.32 Å². The van der Waals surface area contributed by atoms with E-state index in [-0.39, 0.29) is 18.6 Å². The van der Waals surface area contributed by atoms with Gasteiger partial charge in [0.15, 0.2) is 18.1 Å². The summed E-state index contributed by atoms with van der Waals surface area (Å²) in [7, 11) is 0. The SMILES string of the molecule is CC(NC(=O)COc1ccc(Br)cc1Cl)c1ccc2c(c1)OCCO2. The second-order valence-electron chi connectivity index (χ2n) is 5.56. The van der Waals surface area contributed by atoms with Crippen LogP contribution in [0.1, 0.15) is 18.5 Å². The molecule has 1 atom stereocenters. The summed E-state index contributed by atoms with van der Waals surface area (Å²) in [5, 5.41) is 3.34. The van der Waals surface area contributed by atoms with Crippen molar-refractivity contribution < 1.29 is 19.0 Å². The molecule has 0 radical (unpaired) electrons. The van der Waals surface area contributed by atoms with Gasteiger partial charge in [-0.15, -0.1) is 0 Å². The first-order valence-corrected chi connectivity index (χ1v) is 8.97. The van der Waals surface area contributed by atoms with Crippen LogP contribution in [0.5, 0.6) is 17.2 Å². The van der Waals surface area contributed by atoms with Crippen molar-refractivity contribution in [2.24, 2.45) is 0 Å². The number of hydrogen-bond acceptors (Lipinski definition) is 4. The summed E-state index contributed by atoms with van der Waals surface area (Å²) < 4.78 is 17.4. The van der Waals surface area contributed by atoms with E-state index in [2.05, 4.69) is 21.2 Å². The third-order valence-corrected chi connectivity index (χ3v) is 4.49. The zero-order chi connectivity index (χ0) is 17.8. The molecule has 2 aromatic rings. The normalized spacial score (nSPS) is 13.9. The predicted molar refractivity (Wildman–Crippen MR) is 98.6 cm³/mol. The lowest BCUT2D eigenvalue weighted by atomic mass is 10.1. The fourth-order valence-corrected chi connectivity index (χ4v) is 3.16. The van der Waals surface area contributed by atoms with E-state index in [0.29, 0.717) is 29.7 Å². The maximum absolute atomic E-state index is 12.1. The van der Waals surface area contributed by atoms with Crippen LogP contribution in [0.15, 0.2) is 40.9 Å². The number of carbonyl (C=O) groups is 1. The molecule has 1 unspecified atom stereocenters. The lowest BCUT2D eigenvalue weighted by molar-refractivity contribution is -0.123. The fourth-order valence-electron chi connectivity index (χ4n) is 2.43. The molecule has 1 aliphatic rings. The van der Waals surface area contributed by atoms with E-state index >= 15 is 0 Å². The van der Waals surface area contributed by atoms with E-state index in [4.69, 9.17) is 25.8 Å². The third kappa shape index (κ3) is 4.58. The molecule has 0 saturated heterocycles. The minimum absolute atomic E-state index is 0.115. The summed E-state index contributed by atoms with van der Waals surface area (Å²) in [5.41, 5.74) is 0.930. The van der Waals surface area contributed by atoms with Gasteiger partial charge in [-0.25, -0.2) is 0 Å². The zero-order valence-corrected chi connectivity index (χ0v) is 15.9. The Balaban J connectivity index is 1.57. The molecule has 0 aromatic heterocycles. The molecule has 1 N–H and O–H groups in total. The van der Waals surface area contributed by atoms with Crippen molar-refractivity contribution >= 4 is 33.4 Å². The number of amides is 1. The van der Waals surface area contributed by atoms with E-state index in [1.807, 2.05) is 25.1 Å². The van der Waals surface area contributed by atoms with Crippen LogP contribution < -0.4 is 19.5 Å². The van der Waals surface area contributed by atoms with Crippen LogP contribution in [0.25, 0.3) is 0 Å². The number of ether oxygens (including phenoxy) is 3. The van der Waals surface area contributed by atoms with Gasteiger partial charge in [-0.1, -0.05) is 33.6 Å². The van der Waals surface area contributed by atoms with Crippen LogP contribution in [0, 0.1) is 0 Å². The highest BCUT2D eigenvalue weighted by atomic mass is 79.9. The van der Waals surface area contributed by atoms with Crippen LogP contribution in [-0.4, -0.2) is 25.7 Å². The molecule has 132 valence electrons. The molecule has 1 heterocycles.